The Morgan fingerprint density at radius 1 is 1.40 bits per heavy atom. The molecular weight excluding hydrogens is 248 g/mol. The number of rotatable bonds is 9. The molecule has 112 valence electrons. The van der Waals surface area contributed by atoms with E-state index in [4.69, 9.17) is 5.26 Å². The minimum Gasteiger partial charge on any atom is -0.334 e. The molecule has 20 heavy (non-hydrogen) atoms. The summed E-state index contributed by atoms with van der Waals surface area (Å²) in [6.07, 6.45) is 7.04. The van der Waals surface area contributed by atoms with Gasteiger partial charge in [0, 0.05) is 18.9 Å². The summed E-state index contributed by atoms with van der Waals surface area (Å²) < 4.78 is 2.21. The molecule has 0 amide bonds. The van der Waals surface area contributed by atoms with Gasteiger partial charge in [-0.25, -0.2) is 4.98 Å². The summed E-state index contributed by atoms with van der Waals surface area (Å²) in [7, 11) is 0. The van der Waals surface area contributed by atoms with Gasteiger partial charge in [0.25, 0.3) is 0 Å². The third-order valence-electron chi connectivity index (χ3n) is 3.39. The van der Waals surface area contributed by atoms with Crippen molar-refractivity contribution in [1.29, 1.82) is 5.26 Å². The van der Waals surface area contributed by atoms with Crippen LogP contribution in [0.3, 0.4) is 0 Å². The number of nitrogens with zero attached hydrogens (tertiary/aromatic N) is 3. The van der Waals surface area contributed by atoms with Crippen LogP contribution in [-0.2, 0) is 13.1 Å². The normalized spacial score (nSPS) is 11.8. The first-order valence-electron chi connectivity index (χ1n) is 7.56. The fraction of sp³-hybridized carbons (Fsp3) is 0.750. The van der Waals surface area contributed by atoms with E-state index in [0.29, 0.717) is 5.92 Å². The molecule has 1 aromatic rings. The third kappa shape index (κ3) is 6.21. The average molecular weight is 276 g/mol. The zero-order valence-electron chi connectivity index (χ0n) is 13.3. The second-order valence-corrected chi connectivity index (χ2v) is 6.51. The van der Waals surface area contributed by atoms with Gasteiger partial charge in [0.1, 0.15) is 5.82 Å². The standard InChI is InChI=1S/C16H28N4/c1-14(2)11-18-12-15-19-8-10-20(15)9-6-5-7-16(3,4)13-17/h8,10,14,18H,5-7,9,11-12H2,1-4H3. The van der Waals surface area contributed by atoms with Crippen LogP contribution in [0.5, 0.6) is 0 Å². The third-order valence-corrected chi connectivity index (χ3v) is 3.39. The lowest BCUT2D eigenvalue weighted by atomic mass is 9.89. The molecule has 0 saturated heterocycles. The molecule has 0 spiro atoms. The Hall–Kier alpha value is -1.34. The van der Waals surface area contributed by atoms with Gasteiger partial charge in [-0.2, -0.15) is 5.26 Å². The van der Waals surface area contributed by atoms with E-state index < -0.39 is 0 Å². The van der Waals surface area contributed by atoms with Crippen molar-refractivity contribution in [3.8, 4) is 6.07 Å². The van der Waals surface area contributed by atoms with Crippen LogP contribution in [0.15, 0.2) is 12.4 Å². The van der Waals surface area contributed by atoms with Crippen molar-refractivity contribution in [3.63, 3.8) is 0 Å². The Morgan fingerprint density at radius 3 is 2.80 bits per heavy atom. The van der Waals surface area contributed by atoms with Gasteiger partial charge in [0.2, 0.25) is 0 Å². The molecule has 0 saturated carbocycles. The highest BCUT2D eigenvalue weighted by Crippen LogP contribution is 2.21. The van der Waals surface area contributed by atoms with Gasteiger partial charge in [-0.15, -0.1) is 0 Å². The van der Waals surface area contributed by atoms with E-state index in [1.807, 2.05) is 26.2 Å². The minimum absolute atomic E-state index is 0.198. The summed E-state index contributed by atoms with van der Waals surface area (Å²) in [5, 5.41) is 12.4. The first kappa shape index (κ1) is 16.7. The molecule has 0 radical (unpaired) electrons. The zero-order chi connectivity index (χ0) is 15.0. The molecule has 0 aromatic carbocycles. The molecule has 0 aliphatic heterocycles. The molecular formula is C16H28N4. The van der Waals surface area contributed by atoms with Gasteiger partial charge in [-0.3, -0.25) is 0 Å². The van der Waals surface area contributed by atoms with Gasteiger partial charge in [0.15, 0.2) is 0 Å². The van der Waals surface area contributed by atoms with E-state index in [1.54, 1.807) is 0 Å². The van der Waals surface area contributed by atoms with Crippen molar-refractivity contribution in [2.24, 2.45) is 11.3 Å². The topological polar surface area (TPSA) is 53.6 Å². The van der Waals surface area contributed by atoms with Crippen LogP contribution in [0, 0.1) is 22.7 Å². The number of hydrogen-bond acceptors (Lipinski definition) is 3. The van der Waals surface area contributed by atoms with Crippen molar-refractivity contribution in [1.82, 2.24) is 14.9 Å². The number of aryl methyl sites for hydroxylation is 1. The lowest BCUT2D eigenvalue weighted by Gasteiger charge is -2.15. The molecule has 4 heteroatoms. The molecule has 0 atom stereocenters. The van der Waals surface area contributed by atoms with E-state index in [-0.39, 0.29) is 5.41 Å². The first-order chi connectivity index (χ1) is 9.44. The van der Waals surface area contributed by atoms with Crippen LogP contribution in [0.25, 0.3) is 0 Å². The largest absolute Gasteiger partial charge is 0.334 e. The van der Waals surface area contributed by atoms with Crippen molar-refractivity contribution in [2.45, 2.75) is 60.0 Å². The van der Waals surface area contributed by atoms with Gasteiger partial charge in [-0.05, 0) is 39.2 Å². The Kier molecular flexibility index (Phi) is 6.74. The summed E-state index contributed by atoms with van der Waals surface area (Å²) in [5.74, 6) is 1.76. The minimum atomic E-state index is -0.198. The predicted octanol–water partition coefficient (Wildman–Crippen LogP) is 3.35. The van der Waals surface area contributed by atoms with Gasteiger partial charge < -0.3 is 9.88 Å². The predicted molar refractivity (Wildman–Crippen MR) is 82.0 cm³/mol. The van der Waals surface area contributed by atoms with Crippen LogP contribution in [-0.4, -0.2) is 16.1 Å². The molecule has 0 unspecified atom stereocenters. The second-order valence-electron chi connectivity index (χ2n) is 6.51. The van der Waals surface area contributed by atoms with Crippen LogP contribution in [0.1, 0.15) is 52.8 Å². The number of aromatic nitrogens is 2. The smallest absolute Gasteiger partial charge is 0.122 e. The van der Waals surface area contributed by atoms with Crippen LogP contribution in [0.4, 0.5) is 0 Å². The number of hydrogen-bond donors (Lipinski definition) is 1. The number of nitrogens with one attached hydrogen (secondary N) is 1. The lowest BCUT2D eigenvalue weighted by Crippen LogP contribution is -2.21. The maximum Gasteiger partial charge on any atom is 0.122 e. The lowest BCUT2D eigenvalue weighted by molar-refractivity contribution is 0.414. The monoisotopic (exact) mass is 276 g/mol. The Balaban J connectivity index is 2.31. The molecule has 4 nitrogen and oxygen atoms in total. The average Bonchev–Trinajstić information content (AvgIpc) is 2.82. The molecule has 0 aliphatic rings. The second kappa shape index (κ2) is 8.06. The fourth-order valence-electron chi connectivity index (χ4n) is 2.09. The SMILES string of the molecule is CC(C)CNCc1nccn1CCCCC(C)(C)C#N. The van der Waals surface area contributed by atoms with E-state index in [1.165, 1.54) is 0 Å². The zero-order valence-corrected chi connectivity index (χ0v) is 13.3. The van der Waals surface area contributed by atoms with E-state index in [9.17, 15) is 0 Å². The Bertz CT molecular complexity index is 426. The quantitative estimate of drug-likeness (QED) is 0.704. The highest BCUT2D eigenvalue weighted by atomic mass is 15.1. The van der Waals surface area contributed by atoms with E-state index in [0.717, 1.165) is 44.7 Å². The number of nitriles is 1. The molecule has 1 N–H and O–H groups in total. The molecule has 1 aromatic heterocycles. The maximum atomic E-state index is 8.99. The maximum absolute atomic E-state index is 8.99. The van der Waals surface area contributed by atoms with Crippen molar-refractivity contribution >= 4 is 0 Å². The first-order valence-corrected chi connectivity index (χ1v) is 7.56. The van der Waals surface area contributed by atoms with Gasteiger partial charge >= 0.3 is 0 Å². The van der Waals surface area contributed by atoms with Gasteiger partial charge in [0.05, 0.1) is 18.0 Å². The van der Waals surface area contributed by atoms with Crippen molar-refractivity contribution < 1.29 is 0 Å². The molecule has 1 heterocycles. The summed E-state index contributed by atoms with van der Waals surface area (Å²) in [5.41, 5.74) is -0.198. The number of imidazole rings is 1. The van der Waals surface area contributed by atoms with Crippen LogP contribution in [0.2, 0.25) is 0 Å². The summed E-state index contributed by atoms with van der Waals surface area (Å²) >= 11 is 0. The summed E-state index contributed by atoms with van der Waals surface area (Å²) in [6.45, 7) is 11.3. The van der Waals surface area contributed by atoms with Crippen molar-refractivity contribution in [2.75, 3.05) is 6.54 Å². The number of unbranched alkanes of at least 4 members (excludes halogenated alkanes) is 1. The highest BCUT2D eigenvalue weighted by molar-refractivity contribution is 4.93. The van der Waals surface area contributed by atoms with Crippen molar-refractivity contribution in [3.05, 3.63) is 18.2 Å². The summed E-state index contributed by atoms with van der Waals surface area (Å²) in [4.78, 5) is 4.40. The van der Waals surface area contributed by atoms with Crippen LogP contribution >= 0.6 is 0 Å². The van der Waals surface area contributed by atoms with Crippen LogP contribution < -0.4 is 5.32 Å². The highest BCUT2D eigenvalue weighted by Gasteiger charge is 2.15. The van der Waals surface area contributed by atoms with Gasteiger partial charge in [-0.1, -0.05) is 20.3 Å². The Morgan fingerprint density at radius 2 is 2.15 bits per heavy atom. The molecule has 0 fully saturated rings. The van der Waals surface area contributed by atoms with E-state index in [2.05, 4.69) is 34.8 Å². The molecule has 1 rings (SSSR count). The summed E-state index contributed by atoms with van der Waals surface area (Å²) in [6, 6.07) is 2.36. The molecule has 0 bridgehead atoms. The van der Waals surface area contributed by atoms with E-state index >= 15 is 0 Å². The molecule has 0 aliphatic carbocycles. The Labute approximate surface area is 123 Å². The fourth-order valence-corrected chi connectivity index (χ4v) is 2.09.